The van der Waals surface area contributed by atoms with Crippen molar-refractivity contribution in [3.63, 3.8) is 0 Å². The molecule has 0 aliphatic rings. The first kappa shape index (κ1) is 16.5. The first-order chi connectivity index (χ1) is 10.5. The Balaban J connectivity index is 1.95. The minimum Gasteiger partial charge on any atom is -0.495 e. The highest BCUT2D eigenvalue weighted by Gasteiger charge is 2.08. The molecule has 2 rings (SSSR count). The zero-order valence-corrected chi connectivity index (χ0v) is 13.7. The second-order valence-electron chi connectivity index (χ2n) is 4.62. The monoisotopic (exact) mass is 339 g/mol. The fourth-order valence-corrected chi connectivity index (χ4v) is 2.24. The largest absolute Gasteiger partial charge is 0.495 e. The summed E-state index contributed by atoms with van der Waals surface area (Å²) in [4.78, 5) is 11.9. The van der Waals surface area contributed by atoms with Crippen molar-refractivity contribution in [3.8, 4) is 11.5 Å². The molecule has 0 unspecified atom stereocenters. The number of benzene rings is 2. The fraction of sp³-hybridized carbons (Fsp3) is 0.188. The average Bonchev–Trinajstić information content (AvgIpc) is 2.48. The summed E-state index contributed by atoms with van der Waals surface area (Å²) in [5.74, 6) is 0.714. The normalized spacial score (nSPS) is 10.2. The second kappa shape index (κ2) is 7.38. The van der Waals surface area contributed by atoms with Crippen molar-refractivity contribution in [1.29, 1.82) is 0 Å². The van der Waals surface area contributed by atoms with Crippen molar-refractivity contribution >= 4 is 34.8 Å². The zero-order chi connectivity index (χ0) is 16.1. The van der Waals surface area contributed by atoms with Crippen LogP contribution in [0, 0.1) is 6.92 Å². The van der Waals surface area contributed by atoms with E-state index in [0.29, 0.717) is 27.2 Å². The van der Waals surface area contributed by atoms with Gasteiger partial charge in [-0.1, -0.05) is 29.3 Å². The quantitative estimate of drug-likeness (QED) is 0.881. The molecule has 0 aliphatic carbocycles. The van der Waals surface area contributed by atoms with Gasteiger partial charge in [-0.25, -0.2) is 0 Å². The number of hydrogen-bond donors (Lipinski definition) is 1. The molecule has 0 atom stereocenters. The summed E-state index contributed by atoms with van der Waals surface area (Å²) >= 11 is 12.0. The highest BCUT2D eigenvalue weighted by molar-refractivity contribution is 6.32. The molecule has 116 valence electrons. The maximum Gasteiger partial charge on any atom is 0.262 e. The van der Waals surface area contributed by atoms with Crippen molar-refractivity contribution in [2.75, 3.05) is 19.0 Å². The summed E-state index contributed by atoms with van der Waals surface area (Å²) in [6.45, 7) is 1.77. The number of rotatable bonds is 5. The number of amides is 1. The van der Waals surface area contributed by atoms with Gasteiger partial charge in [-0.3, -0.25) is 4.79 Å². The van der Waals surface area contributed by atoms with Crippen LogP contribution in [0.1, 0.15) is 5.56 Å². The molecule has 1 N–H and O–H groups in total. The van der Waals surface area contributed by atoms with Gasteiger partial charge in [0.25, 0.3) is 5.91 Å². The molecule has 0 fully saturated rings. The van der Waals surface area contributed by atoms with Gasteiger partial charge in [-0.15, -0.1) is 0 Å². The molecule has 1 amide bonds. The first-order valence-corrected chi connectivity index (χ1v) is 7.27. The SMILES string of the molecule is COc1ccc(NC(=O)COc2cc(C)ccc2Cl)cc1Cl. The number of halogens is 2. The molecular formula is C16H15Cl2NO3. The van der Waals surface area contributed by atoms with Gasteiger partial charge in [0.2, 0.25) is 0 Å². The Morgan fingerprint density at radius 2 is 1.86 bits per heavy atom. The van der Waals surface area contributed by atoms with E-state index in [9.17, 15) is 4.79 Å². The lowest BCUT2D eigenvalue weighted by Crippen LogP contribution is -2.20. The minimum absolute atomic E-state index is 0.146. The van der Waals surface area contributed by atoms with E-state index in [1.165, 1.54) is 7.11 Å². The van der Waals surface area contributed by atoms with Crippen LogP contribution in [0.5, 0.6) is 11.5 Å². The fourth-order valence-electron chi connectivity index (χ4n) is 1.81. The average molecular weight is 340 g/mol. The van der Waals surface area contributed by atoms with Crippen molar-refractivity contribution in [2.45, 2.75) is 6.92 Å². The molecule has 2 aromatic carbocycles. The number of carbonyl (C=O) groups is 1. The van der Waals surface area contributed by atoms with E-state index in [2.05, 4.69) is 5.32 Å². The molecule has 0 saturated heterocycles. The molecular weight excluding hydrogens is 325 g/mol. The smallest absolute Gasteiger partial charge is 0.262 e. The van der Waals surface area contributed by atoms with E-state index in [-0.39, 0.29) is 12.5 Å². The summed E-state index contributed by atoms with van der Waals surface area (Å²) in [7, 11) is 1.53. The van der Waals surface area contributed by atoms with Crippen LogP contribution < -0.4 is 14.8 Å². The highest BCUT2D eigenvalue weighted by atomic mass is 35.5. The van der Waals surface area contributed by atoms with Crippen LogP contribution >= 0.6 is 23.2 Å². The van der Waals surface area contributed by atoms with E-state index in [1.807, 2.05) is 13.0 Å². The third kappa shape index (κ3) is 4.29. The maximum atomic E-state index is 11.9. The summed E-state index contributed by atoms with van der Waals surface area (Å²) in [6.07, 6.45) is 0. The standard InChI is InChI=1S/C16H15Cl2NO3/c1-10-3-5-12(17)15(7-10)22-9-16(20)19-11-4-6-14(21-2)13(18)8-11/h3-8H,9H2,1-2H3,(H,19,20). The van der Waals surface area contributed by atoms with Gasteiger partial charge >= 0.3 is 0 Å². The van der Waals surface area contributed by atoms with Gasteiger partial charge < -0.3 is 14.8 Å². The van der Waals surface area contributed by atoms with Gasteiger partial charge in [0.05, 0.1) is 17.2 Å². The molecule has 0 aliphatic heterocycles. The van der Waals surface area contributed by atoms with E-state index in [0.717, 1.165) is 5.56 Å². The van der Waals surface area contributed by atoms with E-state index in [4.69, 9.17) is 32.7 Å². The van der Waals surface area contributed by atoms with Crippen molar-refractivity contribution < 1.29 is 14.3 Å². The molecule has 0 spiro atoms. The van der Waals surface area contributed by atoms with E-state index < -0.39 is 0 Å². The maximum absolute atomic E-state index is 11.9. The third-order valence-corrected chi connectivity index (χ3v) is 3.49. The molecule has 2 aromatic rings. The number of hydrogen-bond acceptors (Lipinski definition) is 3. The Morgan fingerprint density at radius 3 is 2.55 bits per heavy atom. The summed E-state index contributed by atoms with van der Waals surface area (Å²) < 4.78 is 10.5. The molecule has 6 heteroatoms. The van der Waals surface area contributed by atoms with Gasteiger partial charge in [0.1, 0.15) is 11.5 Å². The Bertz CT molecular complexity index is 689. The van der Waals surface area contributed by atoms with Gasteiger partial charge in [-0.2, -0.15) is 0 Å². The summed E-state index contributed by atoms with van der Waals surface area (Å²) in [5.41, 5.74) is 1.57. The van der Waals surface area contributed by atoms with Crippen molar-refractivity contribution in [3.05, 3.63) is 52.0 Å². The molecule has 4 nitrogen and oxygen atoms in total. The molecule has 0 heterocycles. The van der Waals surface area contributed by atoms with Gasteiger partial charge in [0, 0.05) is 5.69 Å². The highest BCUT2D eigenvalue weighted by Crippen LogP contribution is 2.27. The summed E-state index contributed by atoms with van der Waals surface area (Å²) in [5, 5.41) is 3.57. The lowest BCUT2D eigenvalue weighted by Gasteiger charge is -2.10. The zero-order valence-electron chi connectivity index (χ0n) is 12.2. The number of anilines is 1. The van der Waals surface area contributed by atoms with E-state index in [1.54, 1.807) is 30.3 Å². The topological polar surface area (TPSA) is 47.6 Å². The Labute approximate surface area is 138 Å². The van der Waals surface area contributed by atoms with Crippen molar-refractivity contribution in [1.82, 2.24) is 0 Å². The molecule has 0 aromatic heterocycles. The number of ether oxygens (including phenoxy) is 2. The summed E-state index contributed by atoms with van der Waals surface area (Å²) in [6, 6.07) is 10.4. The molecule has 22 heavy (non-hydrogen) atoms. The first-order valence-electron chi connectivity index (χ1n) is 6.52. The lowest BCUT2D eigenvalue weighted by molar-refractivity contribution is -0.118. The minimum atomic E-state index is -0.307. The van der Waals surface area contributed by atoms with Crippen LogP contribution in [-0.2, 0) is 4.79 Å². The number of aryl methyl sites for hydroxylation is 1. The predicted molar refractivity (Wildman–Crippen MR) is 88.3 cm³/mol. The van der Waals surface area contributed by atoms with Crippen LogP contribution in [0.4, 0.5) is 5.69 Å². The van der Waals surface area contributed by atoms with Gasteiger partial charge in [-0.05, 0) is 42.8 Å². The Kier molecular flexibility index (Phi) is 5.52. The van der Waals surface area contributed by atoms with Crippen LogP contribution in [0.25, 0.3) is 0 Å². The predicted octanol–water partition coefficient (Wildman–Crippen LogP) is 4.33. The van der Waals surface area contributed by atoms with Crippen LogP contribution in [0.15, 0.2) is 36.4 Å². The van der Waals surface area contributed by atoms with Crippen LogP contribution in [0.3, 0.4) is 0 Å². The number of methoxy groups -OCH3 is 1. The molecule has 0 bridgehead atoms. The Hall–Kier alpha value is -1.91. The second-order valence-corrected chi connectivity index (χ2v) is 5.43. The number of nitrogens with one attached hydrogen (secondary N) is 1. The third-order valence-electron chi connectivity index (χ3n) is 2.88. The van der Waals surface area contributed by atoms with E-state index >= 15 is 0 Å². The number of carbonyl (C=O) groups excluding carboxylic acids is 1. The van der Waals surface area contributed by atoms with Crippen LogP contribution in [0.2, 0.25) is 10.0 Å². The van der Waals surface area contributed by atoms with Crippen LogP contribution in [-0.4, -0.2) is 19.6 Å². The molecule has 0 saturated carbocycles. The van der Waals surface area contributed by atoms with Gasteiger partial charge in [0.15, 0.2) is 6.61 Å². The lowest BCUT2D eigenvalue weighted by atomic mass is 10.2. The Morgan fingerprint density at radius 1 is 1.09 bits per heavy atom. The molecule has 0 radical (unpaired) electrons. The van der Waals surface area contributed by atoms with Crippen molar-refractivity contribution in [2.24, 2.45) is 0 Å².